The molecule has 4 saturated carbocycles. The molecule has 0 aromatic heterocycles. The molecule has 4 nitrogen and oxygen atoms in total. The van der Waals surface area contributed by atoms with Crippen LogP contribution in [0.2, 0.25) is 0 Å². The van der Waals surface area contributed by atoms with Gasteiger partial charge in [-0.1, -0.05) is 77.3 Å². The van der Waals surface area contributed by atoms with E-state index in [1.165, 1.54) is 44.9 Å². The number of ether oxygens (including phenoxy) is 2. The SMILES string of the molecule is CC(C)CCCC(C)[C@H]1CC[C@H]2[C@@H]3[C@H]4OC[C@@]5(CC[C@H](O)C[C@]5(OCc5ccccc5)C4=O)[C@H]3CC[C@]12C. The van der Waals surface area contributed by atoms with Crippen LogP contribution in [0.4, 0.5) is 0 Å². The van der Waals surface area contributed by atoms with Gasteiger partial charge < -0.3 is 14.6 Å². The molecule has 4 heteroatoms. The first-order valence-corrected chi connectivity index (χ1v) is 15.7. The first kappa shape index (κ1) is 27.0. The summed E-state index contributed by atoms with van der Waals surface area (Å²) < 4.78 is 13.3. The molecule has 2 aliphatic heterocycles. The Kier molecular flexibility index (Phi) is 7.09. The van der Waals surface area contributed by atoms with Gasteiger partial charge in [0.2, 0.25) is 0 Å². The fraction of sp³-hybridized carbons (Fsp3) is 0.794. The van der Waals surface area contributed by atoms with E-state index in [9.17, 15) is 9.90 Å². The Balaban J connectivity index is 1.28. The van der Waals surface area contributed by atoms with Crippen molar-refractivity contribution < 1.29 is 19.4 Å². The number of fused-ring (bicyclic) bond motifs is 2. The summed E-state index contributed by atoms with van der Waals surface area (Å²) in [6.07, 6.45) is 10.1. The molecule has 1 unspecified atom stereocenters. The van der Waals surface area contributed by atoms with E-state index >= 15 is 0 Å². The van der Waals surface area contributed by atoms with E-state index in [2.05, 4.69) is 39.8 Å². The van der Waals surface area contributed by atoms with Gasteiger partial charge in [-0.05, 0) is 85.0 Å². The maximum absolute atomic E-state index is 14.5. The quantitative estimate of drug-likeness (QED) is 0.400. The molecular formula is C34H50O4. The minimum atomic E-state index is -0.916. The lowest BCUT2D eigenvalue weighted by Gasteiger charge is -2.69. The molecule has 210 valence electrons. The van der Waals surface area contributed by atoms with Crippen molar-refractivity contribution in [3.05, 3.63) is 35.9 Å². The molecule has 10 atom stereocenters. The summed E-state index contributed by atoms with van der Waals surface area (Å²) in [4.78, 5) is 14.5. The van der Waals surface area contributed by atoms with Crippen molar-refractivity contribution in [2.75, 3.05) is 6.61 Å². The average molecular weight is 523 g/mol. The highest BCUT2D eigenvalue weighted by Crippen LogP contribution is 2.71. The van der Waals surface area contributed by atoms with Crippen molar-refractivity contribution in [3.63, 3.8) is 0 Å². The van der Waals surface area contributed by atoms with Gasteiger partial charge in [0.05, 0.1) is 19.3 Å². The monoisotopic (exact) mass is 522 g/mol. The van der Waals surface area contributed by atoms with Gasteiger partial charge in [-0.2, -0.15) is 0 Å². The molecular weight excluding hydrogens is 472 g/mol. The highest BCUT2D eigenvalue weighted by molar-refractivity contribution is 5.95. The number of Topliss-reactive ketones (excluding diaryl/α,β-unsaturated/α-hetero) is 1. The fourth-order valence-corrected chi connectivity index (χ4v) is 10.6. The highest BCUT2D eigenvalue weighted by Gasteiger charge is 2.76. The molecule has 2 heterocycles. The van der Waals surface area contributed by atoms with E-state index in [0.717, 1.165) is 36.2 Å². The Hall–Kier alpha value is -1.23. The van der Waals surface area contributed by atoms with Gasteiger partial charge in [-0.25, -0.2) is 0 Å². The van der Waals surface area contributed by atoms with Crippen molar-refractivity contribution >= 4 is 5.78 Å². The molecule has 2 bridgehead atoms. The summed E-state index contributed by atoms with van der Waals surface area (Å²) >= 11 is 0. The lowest BCUT2D eigenvalue weighted by molar-refractivity contribution is -0.308. The van der Waals surface area contributed by atoms with E-state index in [-0.39, 0.29) is 17.3 Å². The molecule has 7 rings (SSSR count). The molecule has 1 spiro atoms. The lowest BCUT2D eigenvalue weighted by Crippen LogP contribution is -2.78. The number of carbonyl (C=O) groups is 1. The largest absolute Gasteiger partial charge is 0.393 e. The van der Waals surface area contributed by atoms with Crippen LogP contribution in [0.25, 0.3) is 0 Å². The normalized spacial score (nSPS) is 44.5. The van der Waals surface area contributed by atoms with Crippen molar-refractivity contribution in [1.29, 1.82) is 0 Å². The van der Waals surface area contributed by atoms with Crippen LogP contribution < -0.4 is 0 Å². The highest BCUT2D eigenvalue weighted by atomic mass is 16.5. The second-order valence-electron chi connectivity index (χ2n) is 14.6. The van der Waals surface area contributed by atoms with Crippen molar-refractivity contribution in [2.45, 2.75) is 116 Å². The average Bonchev–Trinajstić information content (AvgIpc) is 3.26. The third-order valence-corrected chi connectivity index (χ3v) is 12.3. The second-order valence-corrected chi connectivity index (χ2v) is 14.6. The number of rotatable bonds is 8. The molecule has 6 fully saturated rings. The molecule has 38 heavy (non-hydrogen) atoms. The molecule has 6 aliphatic rings. The van der Waals surface area contributed by atoms with Gasteiger partial charge in [0.1, 0.15) is 11.7 Å². The zero-order chi connectivity index (χ0) is 26.7. The van der Waals surface area contributed by atoms with E-state index in [0.29, 0.717) is 42.8 Å². The molecule has 1 aromatic carbocycles. The van der Waals surface area contributed by atoms with Gasteiger partial charge >= 0.3 is 0 Å². The predicted octanol–water partition coefficient (Wildman–Crippen LogP) is 6.98. The maximum Gasteiger partial charge on any atom is 0.194 e. The summed E-state index contributed by atoms with van der Waals surface area (Å²) in [5, 5.41) is 10.9. The summed E-state index contributed by atoms with van der Waals surface area (Å²) in [7, 11) is 0. The Morgan fingerprint density at radius 2 is 1.82 bits per heavy atom. The third kappa shape index (κ3) is 3.98. The van der Waals surface area contributed by atoms with Gasteiger partial charge in [-0.3, -0.25) is 4.79 Å². The third-order valence-electron chi connectivity index (χ3n) is 12.3. The topological polar surface area (TPSA) is 55.8 Å². The number of ketones is 1. The molecule has 4 aliphatic carbocycles. The Labute approximate surface area is 230 Å². The van der Waals surface area contributed by atoms with Gasteiger partial charge in [-0.15, -0.1) is 0 Å². The first-order chi connectivity index (χ1) is 18.2. The summed E-state index contributed by atoms with van der Waals surface area (Å²) in [6.45, 7) is 10.8. The summed E-state index contributed by atoms with van der Waals surface area (Å²) in [5.74, 6) is 3.75. The minimum absolute atomic E-state index is 0.150. The molecule has 1 N–H and O–H groups in total. The van der Waals surface area contributed by atoms with Gasteiger partial charge in [0, 0.05) is 11.8 Å². The standard InChI is InChI=1S/C34H50O4/c1-22(2)9-8-10-23(3)26-13-14-27-29-28(16-17-32(26,27)4)33-18-15-25(35)19-34(33,31(36)30(29)37-21-33)38-20-24-11-6-5-7-12-24/h5-7,11-12,22-23,25-30,35H,8-10,13-21H2,1-4H3/t23?,25-,26+,27-,28-,29-,30+,32+,33-,34-/m0/s1. The van der Waals surface area contributed by atoms with Crippen LogP contribution in [0.15, 0.2) is 30.3 Å². The summed E-state index contributed by atoms with van der Waals surface area (Å²) in [5.41, 5.74) is 0.170. The molecule has 1 aromatic rings. The number of benzene rings is 1. The maximum atomic E-state index is 14.5. The molecule has 2 saturated heterocycles. The van der Waals surface area contributed by atoms with Gasteiger partial charge in [0.25, 0.3) is 0 Å². The molecule has 0 radical (unpaired) electrons. The van der Waals surface area contributed by atoms with E-state index in [4.69, 9.17) is 9.47 Å². The van der Waals surface area contributed by atoms with Crippen molar-refractivity contribution in [2.24, 2.45) is 46.3 Å². The van der Waals surface area contributed by atoms with Crippen LogP contribution in [0, 0.1) is 46.3 Å². The Morgan fingerprint density at radius 1 is 1.03 bits per heavy atom. The summed E-state index contributed by atoms with van der Waals surface area (Å²) in [6, 6.07) is 10.2. The Bertz CT molecular complexity index is 1010. The van der Waals surface area contributed by atoms with E-state index in [1.54, 1.807) is 0 Å². The van der Waals surface area contributed by atoms with E-state index in [1.807, 2.05) is 18.2 Å². The van der Waals surface area contributed by atoms with Crippen LogP contribution in [-0.4, -0.2) is 35.3 Å². The zero-order valence-electron chi connectivity index (χ0n) is 24.2. The number of aliphatic hydroxyl groups excluding tert-OH is 1. The smallest absolute Gasteiger partial charge is 0.194 e. The van der Waals surface area contributed by atoms with Crippen LogP contribution >= 0.6 is 0 Å². The minimum Gasteiger partial charge on any atom is -0.393 e. The van der Waals surface area contributed by atoms with Crippen LogP contribution in [0.3, 0.4) is 0 Å². The van der Waals surface area contributed by atoms with Crippen LogP contribution in [0.5, 0.6) is 0 Å². The van der Waals surface area contributed by atoms with Crippen molar-refractivity contribution in [1.82, 2.24) is 0 Å². The second kappa shape index (κ2) is 10.00. The Morgan fingerprint density at radius 3 is 2.58 bits per heavy atom. The van der Waals surface area contributed by atoms with Crippen LogP contribution in [-0.2, 0) is 20.9 Å². The fourth-order valence-electron chi connectivity index (χ4n) is 10.6. The number of carbonyl (C=O) groups excluding carboxylic acids is 1. The predicted molar refractivity (Wildman–Crippen MR) is 149 cm³/mol. The van der Waals surface area contributed by atoms with Crippen LogP contribution in [0.1, 0.15) is 97.5 Å². The lowest BCUT2D eigenvalue weighted by atomic mass is 9.40. The first-order valence-electron chi connectivity index (χ1n) is 15.7. The number of aliphatic hydroxyl groups is 1. The molecule has 0 amide bonds. The number of hydrogen-bond acceptors (Lipinski definition) is 4. The van der Waals surface area contributed by atoms with E-state index < -0.39 is 11.7 Å². The van der Waals surface area contributed by atoms with Crippen molar-refractivity contribution in [3.8, 4) is 0 Å². The number of hydrogen-bond donors (Lipinski definition) is 1. The zero-order valence-corrected chi connectivity index (χ0v) is 24.2. The van der Waals surface area contributed by atoms with Gasteiger partial charge in [0.15, 0.2) is 5.78 Å².